The third-order valence-electron chi connectivity index (χ3n) is 2.19. The van der Waals surface area contributed by atoms with E-state index < -0.39 is 5.60 Å². The van der Waals surface area contributed by atoms with Crippen LogP contribution in [0.15, 0.2) is 15.9 Å². The highest BCUT2D eigenvalue weighted by molar-refractivity contribution is 8.01. The number of thiazole rings is 1. The fourth-order valence-electron chi connectivity index (χ4n) is 0.932. The number of aromatic nitrogens is 1. The molecule has 0 saturated heterocycles. The lowest BCUT2D eigenvalue weighted by atomic mass is 10.0. The summed E-state index contributed by atoms with van der Waals surface area (Å²) in [5.41, 5.74) is -0.518. The van der Waals surface area contributed by atoms with E-state index in [-0.39, 0.29) is 0 Å². The molecular weight excluding hydrogens is 202 g/mol. The van der Waals surface area contributed by atoms with Gasteiger partial charge in [-0.3, -0.25) is 0 Å². The van der Waals surface area contributed by atoms with Gasteiger partial charge >= 0.3 is 0 Å². The van der Waals surface area contributed by atoms with Crippen LogP contribution >= 0.6 is 23.1 Å². The maximum absolute atomic E-state index is 9.98. The Morgan fingerprint density at radius 1 is 1.54 bits per heavy atom. The van der Waals surface area contributed by atoms with Gasteiger partial charge in [0, 0.05) is 17.3 Å². The Bertz CT molecular complexity index is 232. The van der Waals surface area contributed by atoms with Crippen molar-refractivity contribution in [1.82, 2.24) is 4.98 Å². The van der Waals surface area contributed by atoms with Gasteiger partial charge in [0.25, 0.3) is 0 Å². The van der Waals surface area contributed by atoms with E-state index in [1.165, 1.54) is 0 Å². The average Bonchev–Trinajstić information content (AvgIpc) is 2.67. The van der Waals surface area contributed by atoms with E-state index >= 15 is 0 Å². The molecule has 2 nitrogen and oxygen atoms in total. The van der Waals surface area contributed by atoms with Gasteiger partial charge in [-0.25, -0.2) is 4.98 Å². The smallest absolute Gasteiger partial charge is 0.149 e. The van der Waals surface area contributed by atoms with Crippen molar-refractivity contribution in [2.24, 2.45) is 0 Å². The third kappa shape index (κ3) is 3.29. The number of hydrogen-bond donors (Lipinski definition) is 1. The first kappa shape index (κ1) is 11.0. The van der Waals surface area contributed by atoms with E-state index in [9.17, 15) is 5.11 Å². The molecule has 0 saturated carbocycles. The van der Waals surface area contributed by atoms with E-state index in [2.05, 4.69) is 4.98 Å². The van der Waals surface area contributed by atoms with Crippen LogP contribution in [0.2, 0.25) is 0 Å². The van der Waals surface area contributed by atoms with Crippen molar-refractivity contribution in [2.75, 3.05) is 5.75 Å². The minimum Gasteiger partial charge on any atom is -0.389 e. The van der Waals surface area contributed by atoms with Gasteiger partial charge in [0.1, 0.15) is 4.34 Å². The minimum absolute atomic E-state index is 0.518. The molecule has 0 amide bonds. The molecule has 0 aliphatic carbocycles. The molecule has 13 heavy (non-hydrogen) atoms. The highest BCUT2D eigenvalue weighted by Crippen LogP contribution is 2.27. The molecule has 0 bridgehead atoms. The maximum atomic E-state index is 9.98. The molecule has 0 unspecified atom stereocenters. The van der Waals surface area contributed by atoms with Gasteiger partial charge in [-0.2, -0.15) is 0 Å². The van der Waals surface area contributed by atoms with Crippen LogP contribution in [0.1, 0.15) is 26.7 Å². The van der Waals surface area contributed by atoms with Crippen LogP contribution in [-0.2, 0) is 0 Å². The SMILES string of the molecule is CCC(O)(CC)CSc1nccs1. The van der Waals surface area contributed by atoms with Crippen LogP contribution < -0.4 is 0 Å². The quantitative estimate of drug-likeness (QED) is 0.770. The Balaban J connectivity index is 2.41. The second-order valence-corrected chi connectivity index (χ2v) is 5.14. The van der Waals surface area contributed by atoms with Crippen molar-refractivity contribution in [1.29, 1.82) is 0 Å². The van der Waals surface area contributed by atoms with Crippen LogP contribution in [0, 0.1) is 0 Å². The van der Waals surface area contributed by atoms with Crippen molar-refractivity contribution in [3.8, 4) is 0 Å². The lowest BCUT2D eigenvalue weighted by molar-refractivity contribution is 0.0572. The molecule has 0 radical (unpaired) electrons. The van der Waals surface area contributed by atoms with Crippen molar-refractivity contribution in [3.05, 3.63) is 11.6 Å². The van der Waals surface area contributed by atoms with Gasteiger partial charge in [0.05, 0.1) is 5.60 Å². The molecule has 1 heterocycles. The van der Waals surface area contributed by atoms with E-state index in [1.807, 2.05) is 19.2 Å². The first-order chi connectivity index (χ1) is 6.20. The zero-order valence-corrected chi connectivity index (χ0v) is 9.62. The van der Waals surface area contributed by atoms with Crippen molar-refractivity contribution >= 4 is 23.1 Å². The zero-order chi connectivity index (χ0) is 9.73. The Morgan fingerprint density at radius 2 is 2.23 bits per heavy atom. The van der Waals surface area contributed by atoms with Gasteiger partial charge in [-0.15, -0.1) is 11.3 Å². The first-order valence-electron chi connectivity index (χ1n) is 4.45. The topological polar surface area (TPSA) is 33.1 Å². The summed E-state index contributed by atoms with van der Waals surface area (Å²) < 4.78 is 1.04. The number of nitrogens with zero attached hydrogens (tertiary/aromatic N) is 1. The molecular formula is C9H15NOS2. The molecule has 1 N–H and O–H groups in total. The van der Waals surface area contributed by atoms with E-state index in [0.29, 0.717) is 0 Å². The summed E-state index contributed by atoms with van der Waals surface area (Å²) in [6.07, 6.45) is 3.41. The third-order valence-corrected chi connectivity index (χ3v) is 4.43. The summed E-state index contributed by atoms with van der Waals surface area (Å²) in [6.45, 7) is 4.04. The predicted octanol–water partition coefficient (Wildman–Crippen LogP) is 2.79. The summed E-state index contributed by atoms with van der Waals surface area (Å²) >= 11 is 3.27. The Hall–Kier alpha value is -0.0600. The lowest BCUT2D eigenvalue weighted by Gasteiger charge is -2.23. The summed E-state index contributed by atoms with van der Waals surface area (Å²) in [5, 5.41) is 11.9. The summed E-state index contributed by atoms with van der Waals surface area (Å²) in [5.74, 6) is 0.744. The minimum atomic E-state index is -0.518. The molecule has 4 heteroatoms. The molecule has 0 aromatic carbocycles. The number of thioether (sulfide) groups is 1. The second-order valence-electron chi connectivity index (χ2n) is 3.02. The number of aliphatic hydroxyl groups is 1. The maximum Gasteiger partial charge on any atom is 0.149 e. The highest BCUT2D eigenvalue weighted by atomic mass is 32.2. The number of hydrogen-bond acceptors (Lipinski definition) is 4. The molecule has 74 valence electrons. The van der Waals surface area contributed by atoms with E-state index in [1.54, 1.807) is 29.3 Å². The average molecular weight is 217 g/mol. The normalized spacial score (nSPS) is 11.9. The summed E-state index contributed by atoms with van der Waals surface area (Å²) in [4.78, 5) is 4.16. The standard InChI is InChI=1S/C9H15NOS2/c1-3-9(11,4-2)7-13-8-10-5-6-12-8/h5-6,11H,3-4,7H2,1-2H3. The van der Waals surface area contributed by atoms with Crippen molar-refractivity contribution in [3.63, 3.8) is 0 Å². The fraction of sp³-hybridized carbons (Fsp3) is 0.667. The fourth-order valence-corrected chi connectivity index (χ4v) is 2.84. The lowest BCUT2D eigenvalue weighted by Crippen LogP contribution is -2.29. The summed E-state index contributed by atoms with van der Waals surface area (Å²) in [6, 6.07) is 0. The van der Waals surface area contributed by atoms with Crippen LogP contribution in [0.25, 0.3) is 0 Å². The molecule has 0 aliphatic rings. The molecule has 0 spiro atoms. The van der Waals surface area contributed by atoms with Gasteiger partial charge in [-0.05, 0) is 12.8 Å². The monoisotopic (exact) mass is 217 g/mol. The Kier molecular flexibility index (Phi) is 4.22. The highest BCUT2D eigenvalue weighted by Gasteiger charge is 2.22. The molecule has 0 fully saturated rings. The summed E-state index contributed by atoms with van der Waals surface area (Å²) in [7, 11) is 0. The predicted molar refractivity (Wildman–Crippen MR) is 58.4 cm³/mol. The molecule has 0 aliphatic heterocycles. The van der Waals surface area contributed by atoms with Gasteiger partial charge in [0.15, 0.2) is 0 Å². The van der Waals surface area contributed by atoms with E-state index in [0.717, 1.165) is 22.9 Å². The first-order valence-corrected chi connectivity index (χ1v) is 6.31. The van der Waals surface area contributed by atoms with Crippen LogP contribution in [0.4, 0.5) is 0 Å². The number of rotatable bonds is 5. The van der Waals surface area contributed by atoms with Gasteiger partial charge < -0.3 is 5.11 Å². The molecule has 1 aromatic heterocycles. The Morgan fingerprint density at radius 3 is 2.69 bits per heavy atom. The van der Waals surface area contributed by atoms with Crippen LogP contribution in [-0.4, -0.2) is 21.4 Å². The largest absolute Gasteiger partial charge is 0.389 e. The van der Waals surface area contributed by atoms with E-state index in [4.69, 9.17) is 0 Å². The Labute approximate surface area is 87.4 Å². The molecule has 0 atom stereocenters. The van der Waals surface area contributed by atoms with Crippen molar-refractivity contribution in [2.45, 2.75) is 36.6 Å². The van der Waals surface area contributed by atoms with Crippen LogP contribution in [0.5, 0.6) is 0 Å². The zero-order valence-electron chi connectivity index (χ0n) is 7.99. The van der Waals surface area contributed by atoms with Crippen molar-refractivity contribution < 1.29 is 5.11 Å². The second kappa shape index (κ2) is 4.98. The van der Waals surface area contributed by atoms with Crippen LogP contribution in [0.3, 0.4) is 0 Å². The van der Waals surface area contributed by atoms with Gasteiger partial charge in [0.2, 0.25) is 0 Å². The molecule has 1 rings (SSSR count). The molecule has 1 aromatic rings. The van der Waals surface area contributed by atoms with Gasteiger partial charge in [-0.1, -0.05) is 25.6 Å².